The summed E-state index contributed by atoms with van der Waals surface area (Å²) in [5.41, 5.74) is 0. The first-order valence-corrected chi connectivity index (χ1v) is 7.52. The summed E-state index contributed by atoms with van der Waals surface area (Å²) in [4.78, 5) is 10.6. The summed E-state index contributed by atoms with van der Waals surface area (Å²) in [6.07, 6.45) is -0.363. The highest BCUT2D eigenvalue weighted by Gasteiger charge is 2.31. The number of rotatable bonds is 8. The lowest BCUT2D eigenvalue weighted by Gasteiger charge is -2.30. The van der Waals surface area contributed by atoms with Crippen molar-refractivity contribution in [2.75, 3.05) is 19.0 Å². The minimum atomic E-state index is -0.951. The molecule has 0 amide bonds. The smallest absolute Gasteiger partial charge is 0.304 e. The fourth-order valence-corrected chi connectivity index (χ4v) is 5.57. The van der Waals surface area contributed by atoms with Crippen molar-refractivity contribution in [3.63, 3.8) is 0 Å². The van der Waals surface area contributed by atoms with Crippen molar-refractivity contribution in [1.29, 1.82) is 0 Å². The Kier molecular flexibility index (Phi) is 8.23. The Morgan fingerprint density at radius 1 is 1.00 bits per heavy atom. The summed E-state index contributed by atoms with van der Waals surface area (Å²) in [6, 6.07) is 0. The van der Waals surface area contributed by atoms with E-state index < -0.39 is 10.6 Å². The van der Waals surface area contributed by atoms with Crippen LogP contribution < -0.4 is 0 Å². The van der Waals surface area contributed by atoms with E-state index in [1.54, 1.807) is 0 Å². The number of aliphatic hydroxyl groups is 3. The van der Waals surface area contributed by atoms with Gasteiger partial charge >= 0.3 is 5.97 Å². The summed E-state index contributed by atoms with van der Waals surface area (Å²) < 4.78 is -0.593. The molecular formula is C6H15O5P3. The normalized spacial score (nSPS) is 17.6. The number of carboxylic acids is 1. The van der Waals surface area contributed by atoms with Gasteiger partial charge in [0.15, 0.2) is 0 Å². The molecule has 0 aromatic heterocycles. The van der Waals surface area contributed by atoms with Gasteiger partial charge in [-0.15, -0.1) is 0 Å². The summed E-state index contributed by atoms with van der Waals surface area (Å²) in [7, 11) is 0.186. The van der Waals surface area contributed by atoms with Crippen molar-refractivity contribution in [2.45, 2.75) is 11.1 Å². The molecule has 0 saturated carbocycles. The summed E-state index contributed by atoms with van der Waals surface area (Å²) >= 11 is 0. The molecule has 3 atom stereocenters. The Balaban J connectivity index is 4.45. The average molecular weight is 260 g/mol. The van der Waals surface area contributed by atoms with Crippen LogP contribution >= 0.6 is 25.7 Å². The van der Waals surface area contributed by atoms with E-state index in [9.17, 15) is 4.79 Å². The molecule has 0 saturated heterocycles. The van der Waals surface area contributed by atoms with Crippen LogP contribution in [0.2, 0.25) is 0 Å². The average Bonchev–Trinajstić information content (AvgIpc) is 2.03. The van der Waals surface area contributed by atoms with Gasteiger partial charge in [0.25, 0.3) is 0 Å². The number of aliphatic hydroxyl groups excluding tert-OH is 3. The highest BCUT2D eigenvalue weighted by atomic mass is 31.2. The topological polar surface area (TPSA) is 98.0 Å². The molecular weight excluding hydrogens is 245 g/mol. The maximum atomic E-state index is 10.6. The maximum Gasteiger partial charge on any atom is 0.304 e. The Hall–Kier alpha value is 0.640. The number of carbonyl (C=O) groups is 1. The second kappa shape index (κ2) is 7.87. The largest absolute Gasteiger partial charge is 0.481 e. The van der Waals surface area contributed by atoms with Gasteiger partial charge in [-0.2, -0.15) is 0 Å². The van der Waals surface area contributed by atoms with Crippen LogP contribution in [0, 0.1) is 0 Å². The Labute approximate surface area is 87.6 Å². The van der Waals surface area contributed by atoms with E-state index in [1.807, 2.05) is 0 Å². The van der Waals surface area contributed by atoms with E-state index in [-0.39, 0.29) is 51.2 Å². The van der Waals surface area contributed by atoms with Crippen LogP contribution in [0.3, 0.4) is 0 Å². The molecule has 0 aliphatic carbocycles. The second-order valence-electron chi connectivity index (χ2n) is 2.48. The molecule has 4 N–H and O–H groups in total. The molecule has 0 fully saturated rings. The van der Waals surface area contributed by atoms with Crippen molar-refractivity contribution in [3.8, 4) is 0 Å². The SMILES string of the molecule is O=C(O)CC(PCO)(PCO)PCO. The number of aliphatic carboxylic acids is 1. The van der Waals surface area contributed by atoms with Crippen LogP contribution in [0.15, 0.2) is 0 Å². The van der Waals surface area contributed by atoms with Gasteiger partial charge in [0, 0.05) is 4.64 Å². The standard InChI is InChI=1S/C6H15O5P3/c7-2-12-6(13-3-8,14-4-9)1-5(10)11/h7-9,12-14H,1-4H2,(H,10,11). The van der Waals surface area contributed by atoms with Crippen LogP contribution in [0.1, 0.15) is 6.42 Å². The third-order valence-corrected chi connectivity index (χ3v) is 7.56. The van der Waals surface area contributed by atoms with Crippen LogP contribution in [0.4, 0.5) is 0 Å². The van der Waals surface area contributed by atoms with E-state index in [0.29, 0.717) is 0 Å². The predicted molar refractivity (Wildman–Crippen MR) is 61.2 cm³/mol. The minimum absolute atomic E-state index is 0.0621. The van der Waals surface area contributed by atoms with E-state index in [4.69, 9.17) is 20.4 Å². The molecule has 3 unspecified atom stereocenters. The van der Waals surface area contributed by atoms with E-state index in [2.05, 4.69) is 0 Å². The molecule has 5 nitrogen and oxygen atoms in total. The van der Waals surface area contributed by atoms with Crippen LogP contribution in [-0.2, 0) is 4.79 Å². The minimum Gasteiger partial charge on any atom is -0.481 e. The van der Waals surface area contributed by atoms with Gasteiger partial charge in [-0.05, 0) is 0 Å². The fourth-order valence-electron chi connectivity index (χ4n) is 1.01. The van der Waals surface area contributed by atoms with Gasteiger partial charge in [0.1, 0.15) is 0 Å². The highest BCUT2D eigenvalue weighted by molar-refractivity contribution is 7.75. The van der Waals surface area contributed by atoms with Gasteiger partial charge in [0.05, 0.1) is 25.5 Å². The maximum absolute atomic E-state index is 10.6. The quantitative estimate of drug-likeness (QED) is 0.460. The first-order chi connectivity index (χ1) is 6.60. The van der Waals surface area contributed by atoms with Crippen molar-refractivity contribution < 1.29 is 25.2 Å². The van der Waals surface area contributed by atoms with Crippen LogP contribution in [0.25, 0.3) is 0 Å². The van der Waals surface area contributed by atoms with Gasteiger partial charge < -0.3 is 20.4 Å². The zero-order valence-corrected chi connectivity index (χ0v) is 10.5. The molecule has 0 spiro atoms. The van der Waals surface area contributed by atoms with E-state index in [1.165, 1.54) is 0 Å². The molecule has 0 aliphatic rings. The van der Waals surface area contributed by atoms with Crippen molar-refractivity contribution in [2.24, 2.45) is 0 Å². The molecule has 0 bridgehead atoms. The Morgan fingerprint density at radius 2 is 1.36 bits per heavy atom. The van der Waals surface area contributed by atoms with Crippen LogP contribution in [0.5, 0.6) is 0 Å². The summed E-state index contributed by atoms with van der Waals surface area (Å²) in [6.45, 7) is 0. The highest BCUT2D eigenvalue weighted by Crippen LogP contribution is 2.59. The lowest BCUT2D eigenvalue weighted by Crippen LogP contribution is -2.18. The number of hydrogen-bond acceptors (Lipinski definition) is 4. The Morgan fingerprint density at radius 3 is 1.57 bits per heavy atom. The third-order valence-electron chi connectivity index (χ3n) is 1.56. The molecule has 8 heteroatoms. The van der Waals surface area contributed by atoms with Crippen molar-refractivity contribution >= 4 is 31.7 Å². The van der Waals surface area contributed by atoms with E-state index in [0.717, 1.165) is 0 Å². The molecule has 0 aromatic rings. The molecule has 0 heterocycles. The van der Waals surface area contributed by atoms with Gasteiger partial charge in [-0.1, -0.05) is 25.7 Å². The lowest BCUT2D eigenvalue weighted by molar-refractivity contribution is -0.136. The molecule has 84 valence electrons. The first-order valence-electron chi connectivity index (χ1n) is 3.89. The van der Waals surface area contributed by atoms with Crippen molar-refractivity contribution in [1.82, 2.24) is 0 Å². The molecule has 0 radical (unpaired) electrons. The predicted octanol–water partition coefficient (Wildman–Crippen LogP) is -0.000200. The first kappa shape index (κ1) is 14.6. The van der Waals surface area contributed by atoms with Crippen LogP contribution in [-0.4, -0.2) is 50.1 Å². The van der Waals surface area contributed by atoms with E-state index >= 15 is 0 Å². The van der Waals surface area contributed by atoms with Gasteiger partial charge in [0.2, 0.25) is 0 Å². The molecule has 14 heavy (non-hydrogen) atoms. The summed E-state index contributed by atoms with van der Waals surface area (Å²) in [5.74, 6) is -0.951. The van der Waals surface area contributed by atoms with Crippen molar-refractivity contribution in [3.05, 3.63) is 0 Å². The molecule has 0 rings (SSSR count). The monoisotopic (exact) mass is 260 g/mol. The molecule has 0 aliphatic heterocycles. The third kappa shape index (κ3) is 5.50. The number of carboxylic acid groups (broad SMARTS) is 1. The Bertz CT molecular complexity index is 160. The fraction of sp³-hybridized carbons (Fsp3) is 0.833. The van der Waals surface area contributed by atoms with Gasteiger partial charge in [-0.25, -0.2) is 0 Å². The molecule has 0 aromatic carbocycles. The lowest BCUT2D eigenvalue weighted by atomic mass is 10.5. The second-order valence-corrected chi connectivity index (χ2v) is 8.55. The van der Waals surface area contributed by atoms with Gasteiger partial charge in [-0.3, -0.25) is 4.79 Å². The zero-order valence-electron chi connectivity index (χ0n) is 7.53. The number of hydrogen-bond donors (Lipinski definition) is 4. The summed E-state index contributed by atoms with van der Waals surface area (Å²) in [5, 5.41) is 35.2. The zero-order chi connectivity index (χ0) is 11.0.